The van der Waals surface area contributed by atoms with Gasteiger partial charge in [0.05, 0.1) is 10.5 Å². The highest BCUT2D eigenvalue weighted by atomic mass is 32.2. The number of nitrogens with zero attached hydrogens (tertiary/aromatic N) is 1. The van der Waals surface area contributed by atoms with Crippen molar-refractivity contribution in [2.24, 2.45) is 0 Å². The zero-order valence-electron chi connectivity index (χ0n) is 14.7. The van der Waals surface area contributed by atoms with E-state index in [-0.39, 0.29) is 16.6 Å². The number of urea groups is 1. The topological polar surface area (TPSA) is 78.5 Å². The summed E-state index contributed by atoms with van der Waals surface area (Å²) in [6.45, 7) is 1.36. The van der Waals surface area contributed by atoms with E-state index in [1.54, 1.807) is 4.90 Å². The first-order valence-corrected chi connectivity index (χ1v) is 9.99. The summed E-state index contributed by atoms with van der Waals surface area (Å²) in [6, 6.07) is 9.08. The molecule has 2 amide bonds. The summed E-state index contributed by atoms with van der Waals surface area (Å²) in [5.41, 5.74) is -0.719. The van der Waals surface area contributed by atoms with Gasteiger partial charge >= 0.3 is 12.2 Å². The van der Waals surface area contributed by atoms with Gasteiger partial charge in [-0.15, -0.1) is 0 Å². The first-order valence-electron chi connectivity index (χ1n) is 8.51. The Balaban J connectivity index is 1.71. The molecule has 1 fully saturated rings. The van der Waals surface area contributed by atoms with Gasteiger partial charge in [-0.05, 0) is 55.3 Å². The molecule has 150 valence electrons. The molecule has 0 saturated carbocycles. The van der Waals surface area contributed by atoms with E-state index in [0.29, 0.717) is 18.8 Å². The number of rotatable bonds is 4. The van der Waals surface area contributed by atoms with E-state index in [2.05, 4.69) is 10.0 Å². The summed E-state index contributed by atoms with van der Waals surface area (Å²) in [7, 11) is -4.08. The molecule has 0 aliphatic carbocycles. The maximum Gasteiger partial charge on any atom is 0.416 e. The molecule has 0 radical (unpaired) electrons. The van der Waals surface area contributed by atoms with Gasteiger partial charge in [0.25, 0.3) is 10.0 Å². The lowest BCUT2D eigenvalue weighted by molar-refractivity contribution is -0.137. The molecule has 1 aliphatic rings. The quantitative estimate of drug-likeness (QED) is 0.791. The van der Waals surface area contributed by atoms with E-state index in [9.17, 15) is 26.4 Å². The van der Waals surface area contributed by atoms with Crippen molar-refractivity contribution in [1.29, 1.82) is 0 Å². The predicted molar refractivity (Wildman–Crippen MR) is 98.5 cm³/mol. The molecule has 1 aliphatic heterocycles. The average Bonchev–Trinajstić information content (AvgIpc) is 3.16. The molecule has 2 aromatic carbocycles. The van der Waals surface area contributed by atoms with Gasteiger partial charge in [0.15, 0.2) is 0 Å². The molecule has 0 spiro atoms. The van der Waals surface area contributed by atoms with Crippen molar-refractivity contribution in [2.45, 2.75) is 23.9 Å². The fourth-order valence-electron chi connectivity index (χ4n) is 2.81. The summed E-state index contributed by atoms with van der Waals surface area (Å²) in [6.07, 6.45) is -2.67. The number of carbonyl (C=O) groups excluding carboxylic acids is 1. The first kappa shape index (κ1) is 20.0. The van der Waals surface area contributed by atoms with Crippen LogP contribution in [0.4, 0.5) is 29.3 Å². The number of benzene rings is 2. The largest absolute Gasteiger partial charge is 0.416 e. The van der Waals surface area contributed by atoms with Gasteiger partial charge in [-0.2, -0.15) is 13.2 Å². The molecular formula is C18H18F3N3O3S. The van der Waals surface area contributed by atoms with Gasteiger partial charge in [-0.25, -0.2) is 13.2 Å². The number of anilines is 2. The number of nitrogens with one attached hydrogen (secondary N) is 2. The number of likely N-dealkylation sites (tertiary alicyclic amines) is 1. The van der Waals surface area contributed by atoms with Gasteiger partial charge in [0.1, 0.15) is 0 Å². The molecule has 1 heterocycles. The van der Waals surface area contributed by atoms with E-state index < -0.39 is 21.8 Å². The summed E-state index contributed by atoms with van der Waals surface area (Å²) in [5.74, 6) is 0. The Labute approximate surface area is 160 Å². The molecule has 2 N–H and O–H groups in total. The van der Waals surface area contributed by atoms with Crippen LogP contribution in [0.2, 0.25) is 0 Å². The second-order valence-electron chi connectivity index (χ2n) is 6.33. The van der Waals surface area contributed by atoms with E-state index in [0.717, 1.165) is 31.0 Å². The van der Waals surface area contributed by atoms with Crippen molar-refractivity contribution in [3.63, 3.8) is 0 Å². The minimum atomic E-state index is -4.57. The summed E-state index contributed by atoms with van der Waals surface area (Å²) < 4.78 is 65.3. The third kappa shape index (κ3) is 4.75. The molecule has 1 saturated heterocycles. The van der Waals surface area contributed by atoms with Crippen molar-refractivity contribution in [3.8, 4) is 0 Å². The Morgan fingerprint density at radius 2 is 1.61 bits per heavy atom. The number of alkyl halides is 3. The van der Waals surface area contributed by atoms with Gasteiger partial charge in [0.2, 0.25) is 0 Å². The zero-order valence-corrected chi connectivity index (χ0v) is 15.5. The molecule has 0 aromatic heterocycles. The smallest absolute Gasteiger partial charge is 0.325 e. The van der Waals surface area contributed by atoms with Gasteiger partial charge in [0, 0.05) is 24.5 Å². The summed E-state index contributed by atoms with van der Waals surface area (Å²) in [5, 5.41) is 2.68. The molecule has 2 aromatic rings. The maximum atomic E-state index is 12.8. The Morgan fingerprint density at radius 1 is 0.964 bits per heavy atom. The van der Waals surface area contributed by atoms with Crippen LogP contribution < -0.4 is 10.0 Å². The molecule has 0 bridgehead atoms. The van der Waals surface area contributed by atoms with Crippen LogP contribution in [0, 0.1) is 0 Å². The van der Waals surface area contributed by atoms with Crippen LogP contribution in [0.25, 0.3) is 0 Å². The van der Waals surface area contributed by atoms with Crippen LogP contribution in [-0.4, -0.2) is 32.4 Å². The minimum absolute atomic E-state index is 0.135. The summed E-state index contributed by atoms with van der Waals surface area (Å²) >= 11 is 0. The van der Waals surface area contributed by atoms with E-state index in [4.69, 9.17) is 0 Å². The molecule has 10 heteroatoms. The highest BCUT2D eigenvalue weighted by Crippen LogP contribution is 2.31. The van der Waals surface area contributed by atoms with Gasteiger partial charge < -0.3 is 10.2 Å². The lowest BCUT2D eigenvalue weighted by Crippen LogP contribution is -2.32. The van der Waals surface area contributed by atoms with Crippen LogP contribution in [-0.2, 0) is 16.2 Å². The Kier molecular flexibility index (Phi) is 5.50. The van der Waals surface area contributed by atoms with Crippen LogP contribution in [0.15, 0.2) is 53.4 Å². The fraction of sp³-hybridized carbons (Fsp3) is 0.278. The van der Waals surface area contributed by atoms with E-state index >= 15 is 0 Å². The van der Waals surface area contributed by atoms with Crippen molar-refractivity contribution in [1.82, 2.24) is 4.90 Å². The highest BCUT2D eigenvalue weighted by molar-refractivity contribution is 7.92. The number of hydrogen-bond acceptors (Lipinski definition) is 3. The molecule has 0 unspecified atom stereocenters. The fourth-order valence-corrected chi connectivity index (χ4v) is 3.86. The lowest BCUT2D eigenvalue weighted by Gasteiger charge is -2.16. The normalized spacial score (nSPS) is 14.8. The number of sulfonamides is 1. The standard InChI is InChI=1S/C18H18F3N3O3S/c19-18(20,21)13-4-3-5-15(12-13)23-28(26,27)16-8-6-14(7-9-16)22-17(25)24-10-1-2-11-24/h3-9,12,23H,1-2,10-11H2,(H,22,25). The van der Waals surface area contributed by atoms with Crippen LogP contribution >= 0.6 is 0 Å². The number of carbonyl (C=O) groups is 1. The van der Waals surface area contributed by atoms with Crippen LogP contribution in [0.5, 0.6) is 0 Å². The predicted octanol–water partition coefficient (Wildman–Crippen LogP) is 4.13. The summed E-state index contributed by atoms with van der Waals surface area (Å²) in [4.78, 5) is 13.6. The zero-order chi connectivity index (χ0) is 20.4. The first-order chi connectivity index (χ1) is 13.1. The van der Waals surface area contributed by atoms with E-state index in [1.807, 2.05) is 0 Å². The van der Waals surface area contributed by atoms with Gasteiger partial charge in [-0.1, -0.05) is 6.07 Å². The third-order valence-electron chi connectivity index (χ3n) is 4.25. The Hall–Kier alpha value is -2.75. The highest BCUT2D eigenvalue weighted by Gasteiger charge is 2.30. The van der Waals surface area contributed by atoms with E-state index in [1.165, 1.54) is 30.3 Å². The van der Waals surface area contributed by atoms with Crippen molar-refractivity contribution < 1.29 is 26.4 Å². The maximum absolute atomic E-state index is 12.8. The average molecular weight is 413 g/mol. The van der Waals surface area contributed by atoms with Crippen molar-refractivity contribution in [3.05, 3.63) is 54.1 Å². The minimum Gasteiger partial charge on any atom is -0.325 e. The number of hydrogen-bond donors (Lipinski definition) is 2. The van der Waals surface area contributed by atoms with Gasteiger partial charge in [-0.3, -0.25) is 4.72 Å². The van der Waals surface area contributed by atoms with Crippen molar-refractivity contribution >= 4 is 27.4 Å². The Morgan fingerprint density at radius 3 is 2.21 bits per heavy atom. The van der Waals surface area contributed by atoms with Crippen LogP contribution in [0.3, 0.4) is 0 Å². The van der Waals surface area contributed by atoms with Crippen LogP contribution in [0.1, 0.15) is 18.4 Å². The van der Waals surface area contributed by atoms with Crippen molar-refractivity contribution in [2.75, 3.05) is 23.1 Å². The molecule has 6 nitrogen and oxygen atoms in total. The SMILES string of the molecule is O=C(Nc1ccc(S(=O)(=O)Nc2cccc(C(F)(F)F)c2)cc1)N1CCCC1. The third-order valence-corrected chi connectivity index (χ3v) is 5.65. The molecule has 0 atom stereocenters. The molecule has 28 heavy (non-hydrogen) atoms. The lowest BCUT2D eigenvalue weighted by atomic mass is 10.2. The Bertz CT molecular complexity index is 954. The second kappa shape index (κ2) is 7.70. The monoisotopic (exact) mass is 413 g/mol. The second-order valence-corrected chi connectivity index (χ2v) is 8.02. The molecule has 3 rings (SSSR count). The molecular weight excluding hydrogens is 395 g/mol. The number of amides is 2. The number of halogens is 3.